The number of hydrogen-bond acceptors (Lipinski definition) is 2. The highest BCUT2D eigenvalue weighted by Gasteiger charge is 2.00. The van der Waals surface area contributed by atoms with Gasteiger partial charge in [-0.1, -0.05) is 0 Å². The lowest BCUT2D eigenvalue weighted by Gasteiger charge is -2.03. The fourth-order valence-electron chi connectivity index (χ4n) is 0.871. The van der Waals surface area contributed by atoms with Crippen LogP contribution in [0.25, 0.3) is 0 Å². The Morgan fingerprint density at radius 2 is 2.23 bits per heavy atom. The molecule has 0 bridgehead atoms. The first-order valence-electron chi connectivity index (χ1n) is 3.98. The van der Waals surface area contributed by atoms with E-state index in [2.05, 4.69) is 15.9 Å². The summed E-state index contributed by atoms with van der Waals surface area (Å²) < 4.78 is 12.8. The summed E-state index contributed by atoms with van der Waals surface area (Å²) in [4.78, 5) is 1.11. The predicted octanol–water partition coefficient (Wildman–Crippen LogP) is 3.48. The van der Waals surface area contributed by atoms with E-state index in [4.69, 9.17) is 5.73 Å². The maximum Gasteiger partial charge on any atom is 0.0902 e. The molecule has 0 saturated heterocycles. The van der Waals surface area contributed by atoms with E-state index in [0.29, 0.717) is 6.42 Å². The first kappa shape index (κ1) is 10.9. The normalized spacial score (nSPS) is 10.3. The Morgan fingerprint density at radius 3 is 2.85 bits per heavy atom. The number of nitrogen functional groups attached to an aromatic ring is 1. The van der Waals surface area contributed by atoms with Crippen LogP contribution in [0.1, 0.15) is 6.42 Å². The van der Waals surface area contributed by atoms with Crippen molar-refractivity contribution in [2.24, 2.45) is 0 Å². The zero-order valence-corrected chi connectivity index (χ0v) is 9.50. The third kappa shape index (κ3) is 3.56. The van der Waals surface area contributed by atoms with Crippen molar-refractivity contribution in [3.05, 3.63) is 22.7 Å². The third-order valence-electron chi connectivity index (χ3n) is 1.49. The molecule has 0 fully saturated rings. The third-order valence-corrected chi connectivity index (χ3v) is 3.57. The van der Waals surface area contributed by atoms with Crippen LogP contribution in [0.2, 0.25) is 0 Å². The van der Waals surface area contributed by atoms with E-state index in [9.17, 15) is 4.39 Å². The van der Waals surface area contributed by atoms with E-state index in [0.717, 1.165) is 20.8 Å². The number of rotatable bonds is 4. The highest BCUT2D eigenvalue weighted by molar-refractivity contribution is 9.10. The Balaban J connectivity index is 2.56. The van der Waals surface area contributed by atoms with Gasteiger partial charge in [-0.3, -0.25) is 4.39 Å². The van der Waals surface area contributed by atoms with Crippen molar-refractivity contribution in [1.82, 2.24) is 0 Å². The maximum atomic E-state index is 11.8. The van der Waals surface area contributed by atoms with Crippen LogP contribution < -0.4 is 5.73 Å². The molecule has 13 heavy (non-hydrogen) atoms. The Morgan fingerprint density at radius 1 is 1.46 bits per heavy atom. The smallest absolute Gasteiger partial charge is 0.0902 e. The van der Waals surface area contributed by atoms with Gasteiger partial charge in [0, 0.05) is 20.8 Å². The zero-order chi connectivity index (χ0) is 9.68. The zero-order valence-electron chi connectivity index (χ0n) is 7.09. The molecule has 0 saturated carbocycles. The van der Waals surface area contributed by atoms with Gasteiger partial charge < -0.3 is 5.73 Å². The van der Waals surface area contributed by atoms with Gasteiger partial charge in [-0.2, -0.15) is 0 Å². The standard InChI is InChI=1S/C9H11BrFNS/c10-8-6-7(12)2-3-9(8)13-5-1-4-11/h2-3,6H,1,4-5,12H2. The fraction of sp³-hybridized carbons (Fsp3) is 0.333. The van der Waals surface area contributed by atoms with Crippen LogP contribution in [-0.2, 0) is 0 Å². The van der Waals surface area contributed by atoms with E-state index < -0.39 is 0 Å². The molecular formula is C9H11BrFNS. The van der Waals surface area contributed by atoms with Gasteiger partial charge in [0.1, 0.15) is 0 Å². The highest BCUT2D eigenvalue weighted by Crippen LogP contribution is 2.29. The SMILES string of the molecule is Nc1ccc(SCCCF)c(Br)c1. The molecule has 4 heteroatoms. The Kier molecular flexibility index (Phi) is 4.59. The average molecular weight is 264 g/mol. The average Bonchev–Trinajstić information content (AvgIpc) is 2.09. The van der Waals surface area contributed by atoms with E-state index in [1.807, 2.05) is 18.2 Å². The van der Waals surface area contributed by atoms with Gasteiger partial charge in [0.05, 0.1) is 6.67 Å². The Labute approximate surface area is 90.0 Å². The van der Waals surface area contributed by atoms with Gasteiger partial charge in [-0.15, -0.1) is 11.8 Å². The van der Waals surface area contributed by atoms with Crippen molar-refractivity contribution in [3.8, 4) is 0 Å². The number of thioether (sulfide) groups is 1. The van der Waals surface area contributed by atoms with Crippen LogP contribution >= 0.6 is 27.7 Å². The summed E-state index contributed by atoms with van der Waals surface area (Å²) in [7, 11) is 0. The summed E-state index contributed by atoms with van der Waals surface area (Å²) >= 11 is 5.04. The van der Waals surface area contributed by atoms with Gasteiger partial charge in [0.15, 0.2) is 0 Å². The van der Waals surface area contributed by atoms with E-state index in [1.165, 1.54) is 0 Å². The van der Waals surface area contributed by atoms with Crippen molar-refractivity contribution in [2.45, 2.75) is 11.3 Å². The van der Waals surface area contributed by atoms with Gasteiger partial charge in [0.2, 0.25) is 0 Å². The summed E-state index contributed by atoms with van der Waals surface area (Å²) in [6, 6.07) is 5.66. The van der Waals surface area contributed by atoms with Gasteiger partial charge >= 0.3 is 0 Å². The van der Waals surface area contributed by atoms with Crippen LogP contribution in [0.3, 0.4) is 0 Å². The number of benzene rings is 1. The number of halogens is 2. The molecule has 72 valence electrons. The number of alkyl halides is 1. The summed E-state index contributed by atoms with van der Waals surface area (Å²) in [5.74, 6) is 0.805. The number of hydrogen-bond donors (Lipinski definition) is 1. The second-order valence-electron chi connectivity index (χ2n) is 2.58. The fourth-order valence-corrected chi connectivity index (χ4v) is 2.45. The lowest BCUT2D eigenvalue weighted by molar-refractivity contribution is 0.489. The molecule has 0 amide bonds. The molecular weight excluding hydrogens is 253 g/mol. The second-order valence-corrected chi connectivity index (χ2v) is 4.57. The van der Waals surface area contributed by atoms with Crippen molar-refractivity contribution < 1.29 is 4.39 Å². The molecule has 2 N–H and O–H groups in total. The Bertz CT molecular complexity index is 280. The minimum Gasteiger partial charge on any atom is -0.399 e. The molecule has 0 aliphatic rings. The molecule has 1 aromatic rings. The monoisotopic (exact) mass is 263 g/mol. The van der Waals surface area contributed by atoms with Crippen LogP contribution in [0.5, 0.6) is 0 Å². The van der Waals surface area contributed by atoms with Crippen LogP contribution in [0.15, 0.2) is 27.6 Å². The summed E-state index contributed by atoms with van der Waals surface area (Å²) in [5.41, 5.74) is 6.32. The summed E-state index contributed by atoms with van der Waals surface area (Å²) in [6.07, 6.45) is 0.599. The molecule has 1 rings (SSSR count). The van der Waals surface area contributed by atoms with E-state index >= 15 is 0 Å². The molecule has 1 nitrogen and oxygen atoms in total. The molecule has 0 aromatic heterocycles. The number of anilines is 1. The van der Waals surface area contributed by atoms with Gasteiger partial charge in [-0.05, 0) is 40.5 Å². The molecule has 0 radical (unpaired) electrons. The van der Waals surface area contributed by atoms with Gasteiger partial charge in [0.25, 0.3) is 0 Å². The summed E-state index contributed by atoms with van der Waals surface area (Å²) in [6.45, 7) is -0.250. The van der Waals surface area contributed by atoms with Crippen molar-refractivity contribution in [1.29, 1.82) is 0 Å². The molecule has 0 unspecified atom stereocenters. The minimum atomic E-state index is -0.250. The van der Waals surface area contributed by atoms with Crippen LogP contribution in [0, 0.1) is 0 Å². The highest BCUT2D eigenvalue weighted by atomic mass is 79.9. The largest absolute Gasteiger partial charge is 0.399 e. The lowest BCUT2D eigenvalue weighted by Crippen LogP contribution is -1.86. The van der Waals surface area contributed by atoms with Crippen molar-refractivity contribution in [2.75, 3.05) is 18.2 Å². The first-order chi connectivity index (χ1) is 6.24. The minimum absolute atomic E-state index is 0.250. The van der Waals surface area contributed by atoms with Crippen molar-refractivity contribution >= 4 is 33.4 Å². The van der Waals surface area contributed by atoms with E-state index in [-0.39, 0.29) is 6.67 Å². The van der Waals surface area contributed by atoms with Gasteiger partial charge in [-0.25, -0.2) is 0 Å². The quantitative estimate of drug-likeness (QED) is 0.512. The molecule has 0 atom stereocenters. The lowest BCUT2D eigenvalue weighted by atomic mass is 10.3. The molecule has 0 aliphatic heterocycles. The predicted molar refractivity (Wildman–Crippen MR) is 59.9 cm³/mol. The summed E-state index contributed by atoms with van der Waals surface area (Å²) in [5, 5.41) is 0. The van der Waals surface area contributed by atoms with E-state index in [1.54, 1.807) is 11.8 Å². The molecule has 0 spiro atoms. The number of nitrogens with two attached hydrogens (primary N) is 1. The molecule has 0 aliphatic carbocycles. The molecule has 1 aromatic carbocycles. The molecule has 0 heterocycles. The maximum absolute atomic E-state index is 11.8. The topological polar surface area (TPSA) is 26.0 Å². The van der Waals surface area contributed by atoms with Crippen molar-refractivity contribution in [3.63, 3.8) is 0 Å². The Hall–Kier alpha value is -0.220. The van der Waals surface area contributed by atoms with Crippen LogP contribution in [0.4, 0.5) is 10.1 Å². The van der Waals surface area contributed by atoms with Crippen LogP contribution in [-0.4, -0.2) is 12.4 Å². The first-order valence-corrected chi connectivity index (χ1v) is 5.75. The second kappa shape index (κ2) is 5.50.